The van der Waals surface area contributed by atoms with Crippen molar-refractivity contribution in [3.05, 3.63) is 64.2 Å². The summed E-state index contributed by atoms with van der Waals surface area (Å²) >= 11 is 0. The third-order valence-electron chi connectivity index (χ3n) is 3.41. The van der Waals surface area contributed by atoms with Crippen LogP contribution in [0.15, 0.2) is 53.4 Å². The predicted molar refractivity (Wildman–Crippen MR) is 94.1 cm³/mol. The second-order valence-corrected chi connectivity index (χ2v) is 7.03. The molecule has 0 unspecified atom stereocenters. The lowest BCUT2D eigenvalue weighted by atomic mass is 10.2. The molecule has 26 heavy (non-hydrogen) atoms. The first-order valence-corrected chi connectivity index (χ1v) is 8.97. The van der Waals surface area contributed by atoms with Crippen LogP contribution in [0.25, 0.3) is 0 Å². The number of nitro groups is 1. The van der Waals surface area contributed by atoms with Crippen LogP contribution in [0.5, 0.6) is 0 Å². The van der Waals surface area contributed by atoms with Crippen LogP contribution < -0.4 is 10.0 Å². The van der Waals surface area contributed by atoms with Gasteiger partial charge in [0.2, 0.25) is 10.0 Å². The number of esters is 1. The first-order valence-electron chi connectivity index (χ1n) is 7.49. The van der Waals surface area contributed by atoms with Gasteiger partial charge in [-0.25, -0.2) is 13.1 Å². The average Bonchev–Trinajstić information content (AvgIpc) is 2.65. The van der Waals surface area contributed by atoms with E-state index in [1.165, 1.54) is 19.2 Å². The van der Waals surface area contributed by atoms with Crippen molar-refractivity contribution in [1.29, 1.82) is 0 Å². The zero-order chi connectivity index (χ0) is 19.2. The van der Waals surface area contributed by atoms with Gasteiger partial charge in [-0.15, -0.1) is 0 Å². The summed E-state index contributed by atoms with van der Waals surface area (Å²) < 4.78 is 30.6. The molecule has 0 atom stereocenters. The number of carbonyl (C=O) groups excluding carboxylic acids is 1. The Morgan fingerprint density at radius 3 is 2.50 bits per heavy atom. The summed E-state index contributed by atoms with van der Waals surface area (Å²) in [7, 11) is -2.61. The van der Waals surface area contributed by atoms with E-state index in [0.29, 0.717) is 0 Å². The topological polar surface area (TPSA) is 128 Å². The number of hydrogen-bond acceptors (Lipinski definition) is 7. The lowest BCUT2D eigenvalue weighted by molar-refractivity contribution is -0.384. The van der Waals surface area contributed by atoms with Crippen LogP contribution in [0.4, 0.5) is 11.4 Å². The largest absolute Gasteiger partial charge is 0.460 e. The van der Waals surface area contributed by atoms with Crippen LogP contribution in [0.1, 0.15) is 5.56 Å². The molecule has 2 N–H and O–H groups in total. The Balaban J connectivity index is 2.04. The normalized spacial score (nSPS) is 11.0. The second kappa shape index (κ2) is 8.41. The van der Waals surface area contributed by atoms with E-state index in [0.717, 1.165) is 11.6 Å². The lowest BCUT2D eigenvalue weighted by Crippen LogP contribution is -2.20. The molecule has 2 rings (SSSR count). The van der Waals surface area contributed by atoms with E-state index in [1.807, 2.05) is 18.2 Å². The van der Waals surface area contributed by atoms with E-state index < -0.39 is 26.6 Å². The number of nitrogens with one attached hydrogen (secondary N) is 2. The molecule has 9 nitrogen and oxygen atoms in total. The number of sulfonamides is 1. The van der Waals surface area contributed by atoms with Crippen LogP contribution >= 0.6 is 0 Å². The van der Waals surface area contributed by atoms with E-state index in [4.69, 9.17) is 4.74 Å². The minimum absolute atomic E-state index is 0.0155. The van der Waals surface area contributed by atoms with Crippen LogP contribution in [0.3, 0.4) is 0 Å². The Labute approximate surface area is 150 Å². The van der Waals surface area contributed by atoms with Crippen molar-refractivity contribution in [2.24, 2.45) is 0 Å². The van der Waals surface area contributed by atoms with Gasteiger partial charge in [-0.2, -0.15) is 0 Å². The second-order valence-electron chi connectivity index (χ2n) is 5.14. The first-order chi connectivity index (χ1) is 12.3. The highest BCUT2D eigenvalue weighted by atomic mass is 32.2. The molecule has 0 aliphatic carbocycles. The molecule has 0 bridgehead atoms. The standard InChI is InChI=1S/C16H17N3O6S/c1-17-26(23,24)13-7-8-14(15(9-13)19(21)22)18-10-16(20)25-11-12-5-3-2-4-6-12/h2-9,17-18H,10-11H2,1H3. The van der Waals surface area contributed by atoms with Crippen molar-refractivity contribution in [2.75, 3.05) is 18.9 Å². The fourth-order valence-corrected chi connectivity index (χ4v) is 2.80. The Morgan fingerprint density at radius 1 is 1.19 bits per heavy atom. The maximum absolute atomic E-state index is 11.8. The SMILES string of the molecule is CNS(=O)(=O)c1ccc(NCC(=O)OCc2ccccc2)c([N+](=O)[O-])c1. The molecule has 138 valence electrons. The molecule has 2 aromatic rings. The molecule has 0 aliphatic heterocycles. The maximum atomic E-state index is 11.8. The fraction of sp³-hybridized carbons (Fsp3) is 0.188. The summed E-state index contributed by atoms with van der Waals surface area (Å²) in [6.07, 6.45) is 0. The number of rotatable bonds is 8. The molecule has 0 fully saturated rings. The van der Waals surface area contributed by atoms with Gasteiger partial charge in [0.05, 0.1) is 9.82 Å². The number of nitrogens with zero attached hydrogens (tertiary/aromatic N) is 1. The van der Waals surface area contributed by atoms with E-state index in [-0.39, 0.29) is 23.7 Å². The van der Waals surface area contributed by atoms with E-state index in [2.05, 4.69) is 10.0 Å². The highest BCUT2D eigenvalue weighted by Gasteiger charge is 2.20. The number of ether oxygens (including phenoxy) is 1. The van der Waals surface area contributed by atoms with Crippen molar-refractivity contribution >= 4 is 27.4 Å². The monoisotopic (exact) mass is 379 g/mol. The maximum Gasteiger partial charge on any atom is 0.325 e. The summed E-state index contributed by atoms with van der Waals surface area (Å²) in [5.74, 6) is -0.602. The van der Waals surface area contributed by atoms with Crippen molar-refractivity contribution in [3.8, 4) is 0 Å². The predicted octanol–water partition coefficient (Wildman–Crippen LogP) is 1.66. The minimum atomic E-state index is -3.82. The van der Waals surface area contributed by atoms with E-state index >= 15 is 0 Å². The molecular weight excluding hydrogens is 362 g/mol. The third-order valence-corrected chi connectivity index (χ3v) is 4.82. The third kappa shape index (κ3) is 5.01. The van der Waals surface area contributed by atoms with Crippen molar-refractivity contribution in [2.45, 2.75) is 11.5 Å². The van der Waals surface area contributed by atoms with Crippen LogP contribution in [0.2, 0.25) is 0 Å². The fourth-order valence-electron chi connectivity index (χ4n) is 2.05. The number of anilines is 1. The molecule has 0 amide bonds. The molecule has 0 aliphatic rings. The summed E-state index contributed by atoms with van der Waals surface area (Å²) in [6.45, 7) is -0.214. The van der Waals surface area contributed by atoms with Crippen molar-refractivity contribution < 1.29 is 22.9 Å². The zero-order valence-electron chi connectivity index (χ0n) is 13.8. The Morgan fingerprint density at radius 2 is 1.88 bits per heavy atom. The summed E-state index contributed by atoms with van der Waals surface area (Å²) in [6, 6.07) is 12.4. The van der Waals surface area contributed by atoms with E-state index in [9.17, 15) is 23.3 Å². The minimum Gasteiger partial charge on any atom is -0.460 e. The Bertz CT molecular complexity index is 899. The van der Waals surface area contributed by atoms with Gasteiger partial charge < -0.3 is 10.1 Å². The van der Waals surface area contributed by atoms with Gasteiger partial charge in [-0.3, -0.25) is 14.9 Å². The summed E-state index contributed by atoms with van der Waals surface area (Å²) in [4.78, 5) is 22.0. The van der Waals surface area contributed by atoms with Crippen LogP contribution in [0, 0.1) is 10.1 Å². The molecule has 0 aromatic heterocycles. The van der Waals surface area contributed by atoms with Gasteiger partial charge in [-0.1, -0.05) is 30.3 Å². The van der Waals surface area contributed by atoms with Gasteiger partial charge in [0.25, 0.3) is 5.69 Å². The van der Waals surface area contributed by atoms with Gasteiger partial charge >= 0.3 is 5.97 Å². The van der Waals surface area contributed by atoms with Gasteiger partial charge in [0.15, 0.2) is 0 Å². The highest BCUT2D eigenvalue weighted by Crippen LogP contribution is 2.27. The number of nitro benzene ring substituents is 1. The molecule has 0 heterocycles. The van der Waals surface area contributed by atoms with Crippen molar-refractivity contribution in [1.82, 2.24) is 4.72 Å². The van der Waals surface area contributed by atoms with Crippen LogP contribution in [-0.4, -0.2) is 32.9 Å². The first kappa shape index (κ1) is 19.3. The molecular formula is C16H17N3O6S. The molecule has 10 heteroatoms. The molecule has 0 saturated heterocycles. The highest BCUT2D eigenvalue weighted by molar-refractivity contribution is 7.89. The molecule has 0 spiro atoms. The zero-order valence-corrected chi connectivity index (χ0v) is 14.7. The van der Waals surface area contributed by atoms with Gasteiger partial charge in [-0.05, 0) is 24.7 Å². The number of carbonyl (C=O) groups is 1. The van der Waals surface area contributed by atoms with Crippen LogP contribution in [-0.2, 0) is 26.2 Å². The summed E-state index contributed by atoms with van der Waals surface area (Å²) in [5, 5.41) is 13.8. The van der Waals surface area contributed by atoms with Gasteiger partial charge in [0, 0.05) is 6.07 Å². The molecule has 0 radical (unpaired) electrons. The smallest absolute Gasteiger partial charge is 0.325 e. The molecule has 0 saturated carbocycles. The lowest BCUT2D eigenvalue weighted by Gasteiger charge is -2.09. The number of hydrogen-bond donors (Lipinski definition) is 2. The van der Waals surface area contributed by atoms with E-state index in [1.54, 1.807) is 12.1 Å². The quantitative estimate of drug-likeness (QED) is 0.405. The Kier molecular flexibility index (Phi) is 6.26. The summed E-state index contributed by atoms with van der Waals surface area (Å²) in [5.41, 5.74) is 0.368. The van der Waals surface area contributed by atoms with Crippen molar-refractivity contribution in [3.63, 3.8) is 0 Å². The average molecular weight is 379 g/mol. The molecule has 2 aromatic carbocycles. The number of benzene rings is 2. The van der Waals surface area contributed by atoms with Gasteiger partial charge in [0.1, 0.15) is 18.8 Å². The Hall–Kier alpha value is -2.98.